The number of para-hydroxylation sites is 1. The van der Waals surface area contributed by atoms with Crippen molar-refractivity contribution < 1.29 is 19.4 Å². The Kier molecular flexibility index (Phi) is 8.11. The van der Waals surface area contributed by atoms with Gasteiger partial charge in [-0.05, 0) is 68.6 Å². The number of hydrogen-bond donors (Lipinski definition) is 1. The van der Waals surface area contributed by atoms with Gasteiger partial charge in [0.05, 0.1) is 30.1 Å². The SMILES string of the molecule is Cn1nc(CN2CCCC2)c2c1COCCCCn1c(C(=O)O)c(CCCOc3cccc4ccccc34)c3cccc-2c31. The molecule has 4 heterocycles. The number of ether oxygens (including phenoxy) is 2. The number of benzene rings is 3. The highest BCUT2D eigenvalue weighted by atomic mass is 16.5. The van der Waals surface area contributed by atoms with Gasteiger partial charge in [0.1, 0.15) is 11.4 Å². The fourth-order valence-electron chi connectivity index (χ4n) is 7.16. The number of nitrogens with zero attached hydrogens (tertiary/aromatic N) is 4. The van der Waals surface area contributed by atoms with Crippen LogP contribution in [0, 0.1) is 0 Å². The molecule has 0 aliphatic carbocycles. The first-order chi connectivity index (χ1) is 21.6. The zero-order valence-corrected chi connectivity index (χ0v) is 25.4. The van der Waals surface area contributed by atoms with Crippen LogP contribution in [0.1, 0.15) is 59.5 Å². The third-order valence-electron chi connectivity index (χ3n) is 9.21. The molecule has 2 aliphatic heterocycles. The molecule has 0 spiro atoms. The summed E-state index contributed by atoms with van der Waals surface area (Å²) in [5.74, 6) is -0.0236. The summed E-state index contributed by atoms with van der Waals surface area (Å²) >= 11 is 0. The van der Waals surface area contributed by atoms with Crippen LogP contribution in [0.4, 0.5) is 0 Å². The van der Waals surface area contributed by atoms with Crippen molar-refractivity contribution in [1.82, 2.24) is 19.2 Å². The van der Waals surface area contributed by atoms with Crippen molar-refractivity contribution in [2.45, 2.75) is 58.2 Å². The maximum Gasteiger partial charge on any atom is 0.352 e. The summed E-state index contributed by atoms with van der Waals surface area (Å²) in [5.41, 5.74) is 6.49. The fourth-order valence-corrected chi connectivity index (χ4v) is 7.16. The average molecular weight is 593 g/mol. The molecule has 0 atom stereocenters. The molecular formula is C36H40N4O4. The van der Waals surface area contributed by atoms with Gasteiger partial charge in [0.2, 0.25) is 0 Å². The Hall–Kier alpha value is -4.14. The van der Waals surface area contributed by atoms with Crippen LogP contribution in [-0.2, 0) is 37.9 Å². The van der Waals surface area contributed by atoms with Gasteiger partial charge in [-0.2, -0.15) is 5.10 Å². The molecule has 1 fully saturated rings. The van der Waals surface area contributed by atoms with E-state index < -0.39 is 5.97 Å². The molecule has 1 N–H and O–H groups in total. The molecule has 5 aromatic rings. The first kappa shape index (κ1) is 28.6. The van der Waals surface area contributed by atoms with Gasteiger partial charge in [-0.1, -0.05) is 54.6 Å². The summed E-state index contributed by atoms with van der Waals surface area (Å²) in [6.07, 6.45) is 5.46. The number of aromatic nitrogens is 3. The van der Waals surface area contributed by atoms with Crippen molar-refractivity contribution in [1.29, 1.82) is 0 Å². The van der Waals surface area contributed by atoms with E-state index in [1.54, 1.807) is 0 Å². The van der Waals surface area contributed by atoms with Crippen LogP contribution in [0.5, 0.6) is 5.75 Å². The van der Waals surface area contributed by atoms with Crippen LogP contribution in [0.2, 0.25) is 0 Å². The second-order valence-electron chi connectivity index (χ2n) is 12.0. The van der Waals surface area contributed by atoms with Gasteiger partial charge in [0, 0.05) is 48.6 Å². The Bertz CT molecular complexity index is 1810. The van der Waals surface area contributed by atoms with E-state index in [0.29, 0.717) is 44.9 Å². The molecule has 1 saturated heterocycles. The van der Waals surface area contributed by atoms with Crippen LogP contribution in [0.3, 0.4) is 0 Å². The molecule has 8 nitrogen and oxygen atoms in total. The van der Waals surface area contributed by atoms with Crippen molar-refractivity contribution in [2.24, 2.45) is 7.05 Å². The van der Waals surface area contributed by atoms with E-state index in [1.165, 1.54) is 12.8 Å². The maximum atomic E-state index is 13.0. The highest BCUT2D eigenvalue weighted by Crippen LogP contribution is 2.39. The van der Waals surface area contributed by atoms with Gasteiger partial charge in [-0.3, -0.25) is 9.58 Å². The lowest BCUT2D eigenvalue weighted by Gasteiger charge is -2.16. The molecule has 0 unspecified atom stereocenters. The standard InChI is InChI=1S/C36H40N4O4/c1-38-31-24-43-21-7-6-20-40-34-27(14-9-15-29(34)33(31)30(37-38)23-39-18-4-5-19-39)28(35(40)36(41)42)16-10-22-44-32-17-8-12-25-11-2-3-13-26(25)32/h2-3,8-9,11-15,17H,4-7,10,16,18-24H2,1H3,(H,41,42). The number of aryl methyl sites for hydroxylation is 3. The van der Waals surface area contributed by atoms with Crippen molar-refractivity contribution >= 4 is 27.6 Å². The molecule has 2 aromatic heterocycles. The van der Waals surface area contributed by atoms with E-state index in [1.807, 2.05) is 36.0 Å². The van der Waals surface area contributed by atoms with Crippen molar-refractivity contribution in [3.63, 3.8) is 0 Å². The number of likely N-dealkylation sites (tertiary alicyclic amines) is 1. The number of fused-ring (bicyclic) bond motifs is 3. The molecule has 0 radical (unpaired) electrons. The van der Waals surface area contributed by atoms with Crippen LogP contribution in [0.25, 0.3) is 32.8 Å². The van der Waals surface area contributed by atoms with Crippen LogP contribution in [0.15, 0.2) is 60.7 Å². The Morgan fingerprint density at radius 3 is 2.59 bits per heavy atom. The lowest BCUT2D eigenvalue weighted by Crippen LogP contribution is -2.19. The second kappa shape index (κ2) is 12.5. The van der Waals surface area contributed by atoms with Crippen molar-refractivity contribution in [2.75, 3.05) is 26.3 Å². The predicted molar refractivity (Wildman–Crippen MR) is 172 cm³/mol. The molecule has 0 amide bonds. The van der Waals surface area contributed by atoms with E-state index >= 15 is 0 Å². The normalized spacial score (nSPS) is 15.8. The summed E-state index contributed by atoms with van der Waals surface area (Å²) < 4.78 is 16.4. The summed E-state index contributed by atoms with van der Waals surface area (Å²) in [7, 11) is 2.00. The second-order valence-corrected chi connectivity index (χ2v) is 12.0. The van der Waals surface area contributed by atoms with Gasteiger partial charge in [0.25, 0.3) is 0 Å². The number of carboxylic acid groups (broad SMARTS) is 1. The number of aromatic carboxylic acids is 1. The predicted octanol–water partition coefficient (Wildman–Crippen LogP) is 6.81. The molecule has 2 aliphatic rings. The number of carboxylic acids is 1. The Balaban J connectivity index is 1.28. The minimum atomic E-state index is -0.882. The van der Waals surface area contributed by atoms with Gasteiger partial charge >= 0.3 is 5.97 Å². The number of hydrogen-bond acceptors (Lipinski definition) is 5. The van der Waals surface area contributed by atoms with Crippen molar-refractivity contribution in [3.8, 4) is 16.9 Å². The lowest BCUT2D eigenvalue weighted by atomic mass is 9.97. The Morgan fingerprint density at radius 2 is 1.73 bits per heavy atom. The average Bonchev–Trinajstić information content (AvgIpc) is 3.73. The molecule has 7 rings (SSSR count). The molecule has 228 valence electrons. The third kappa shape index (κ3) is 5.37. The zero-order valence-electron chi connectivity index (χ0n) is 25.4. The first-order valence-corrected chi connectivity index (χ1v) is 15.9. The van der Waals surface area contributed by atoms with Crippen LogP contribution in [-0.4, -0.2) is 56.6 Å². The molecule has 3 aromatic carbocycles. The van der Waals surface area contributed by atoms with Gasteiger partial charge in [-0.25, -0.2) is 4.79 Å². The van der Waals surface area contributed by atoms with E-state index in [4.69, 9.17) is 14.6 Å². The summed E-state index contributed by atoms with van der Waals surface area (Å²) in [5, 5.41) is 18.9. The summed E-state index contributed by atoms with van der Waals surface area (Å²) in [6, 6.07) is 20.6. The van der Waals surface area contributed by atoms with Crippen molar-refractivity contribution in [3.05, 3.63) is 83.3 Å². The number of carbonyl (C=O) groups is 1. The van der Waals surface area contributed by atoms with E-state index in [0.717, 1.165) is 88.0 Å². The third-order valence-corrected chi connectivity index (χ3v) is 9.21. The Morgan fingerprint density at radius 1 is 0.955 bits per heavy atom. The van der Waals surface area contributed by atoms with E-state index in [9.17, 15) is 9.90 Å². The van der Waals surface area contributed by atoms with E-state index in [-0.39, 0.29) is 0 Å². The smallest absolute Gasteiger partial charge is 0.352 e. The molecule has 0 bridgehead atoms. The van der Waals surface area contributed by atoms with Gasteiger partial charge in [-0.15, -0.1) is 0 Å². The minimum Gasteiger partial charge on any atom is -0.493 e. The topological polar surface area (TPSA) is 81.8 Å². The summed E-state index contributed by atoms with van der Waals surface area (Å²) in [6.45, 7) is 5.19. The zero-order chi connectivity index (χ0) is 30.0. The highest BCUT2D eigenvalue weighted by molar-refractivity contribution is 6.04. The highest BCUT2D eigenvalue weighted by Gasteiger charge is 2.28. The van der Waals surface area contributed by atoms with Gasteiger partial charge in [0.15, 0.2) is 0 Å². The fraction of sp³-hybridized carbons (Fsp3) is 0.389. The Labute approximate surface area is 257 Å². The molecule has 44 heavy (non-hydrogen) atoms. The molecule has 0 saturated carbocycles. The first-order valence-electron chi connectivity index (χ1n) is 15.9. The largest absolute Gasteiger partial charge is 0.493 e. The summed E-state index contributed by atoms with van der Waals surface area (Å²) in [4.78, 5) is 15.4. The van der Waals surface area contributed by atoms with E-state index in [2.05, 4.69) is 45.9 Å². The van der Waals surface area contributed by atoms with Gasteiger partial charge < -0.3 is 19.1 Å². The molecular weight excluding hydrogens is 552 g/mol. The lowest BCUT2D eigenvalue weighted by molar-refractivity contribution is 0.0683. The quantitative estimate of drug-likeness (QED) is 0.199. The maximum absolute atomic E-state index is 13.0. The van der Waals surface area contributed by atoms with Crippen LogP contribution < -0.4 is 4.74 Å². The monoisotopic (exact) mass is 592 g/mol. The van der Waals surface area contributed by atoms with Crippen LogP contribution >= 0.6 is 0 Å². The molecule has 8 heteroatoms. The minimum absolute atomic E-state index is 0.393. The number of rotatable bonds is 8.